The lowest BCUT2D eigenvalue weighted by Gasteiger charge is -2.14. The Balaban J connectivity index is 2.71. The van der Waals surface area contributed by atoms with Gasteiger partial charge >= 0.3 is 5.97 Å². The molecule has 0 spiro atoms. The van der Waals surface area contributed by atoms with E-state index in [2.05, 4.69) is 5.32 Å². The Hall–Kier alpha value is -1.62. The third kappa shape index (κ3) is 5.26. The van der Waals surface area contributed by atoms with Gasteiger partial charge in [-0.25, -0.2) is 9.18 Å². The number of carbonyl (C=O) groups is 1. The van der Waals surface area contributed by atoms with Gasteiger partial charge in [-0.05, 0) is 38.1 Å². The molecule has 0 aliphatic rings. The molecule has 0 heterocycles. The molecular weight excluding hydrogens is 249 g/mol. The Kier molecular flexibility index (Phi) is 6.29. The Bertz CT molecular complexity index is 423. The highest BCUT2D eigenvalue weighted by Gasteiger charge is 2.16. The van der Waals surface area contributed by atoms with Crippen LogP contribution in [0.5, 0.6) is 5.75 Å². The van der Waals surface area contributed by atoms with Crippen LogP contribution in [0.15, 0.2) is 18.2 Å². The molecule has 1 aromatic carbocycles. The maximum absolute atomic E-state index is 13.4. The van der Waals surface area contributed by atoms with Gasteiger partial charge in [-0.2, -0.15) is 0 Å². The molecule has 4 nitrogen and oxygen atoms in total. The van der Waals surface area contributed by atoms with E-state index in [1.807, 2.05) is 6.92 Å². The molecule has 0 radical (unpaired) electrons. The average Bonchev–Trinajstić information content (AvgIpc) is 2.36. The van der Waals surface area contributed by atoms with E-state index in [-0.39, 0.29) is 5.82 Å². The Morgan fingerprint density at radius 1 is 1.37 bits per heavy atom. The summed E-state index contributed by atoms with van der Waals surface area (Å²) in [6.45, 7) is 6.92. The first-order valence-electron chi connectivity index (χ1n) is 6.40. The number of esters is 1. The van der Waals surface area contributed by atoms with Gasteiger partial charge in [0, 0.05) is 12.6 Å². The quantitative estimate of drug-likeness (QED) is 0.771. The third-order valence-electron chi connectivity index (χ3n) is 2.44. The minimum atomic E-state index is -0.756. The molecule has 0 amide bonds. The van der Waals surface area contributed by atoms with Crippen LogP contribution < -0.4 is 10.1 Å². The first kappa shape index (κ1) is 15.4. The first-order chi connectivity index (χ1) is 9.06. The second-order valence-corrected chi connectivity index (χ2v) is 4.09. The molecule has 0 aliphatic carbocycles. The summed E-state index contributed by atoms with van der Waals surface area (Å²) in [6, 6.07) is 4.40. The molecule has 0 saturated heterocycles. The van der Waals surface area contributed by atoms with Crippen molar-refractivity contribution in [2.24, 2.45) is 0 Å². The lowest BCUT2D eigenvalue weighted by molar-refractivity contribution is -0.150. The summed E-state index contributed by atoms with van der Waals surface area (Å²) < 4.78 is 23.6. The van der Waals surface area contributed by atoms with Crippen molar-refractivity contribution in [3.63, 3.8) is 0 Å². The highest BCUT2D eigenvalue weighted by Crippen LogP contribution is 2.18. The van der Waals surface area contributed by atoms with Crippen LogP contribution in [-0.4, -0.2) is 25.2 Å². The zero-order valence-electron chi connectivity index (χ0n) is 11.5. The molecule has 1 unspecified atom stereocenters. The van der Waals surface area contributed by atoms with Crippen LogP contribution in [-0.2, 0) is 16.1 Å². The number of benzene rings is 1. The van der Waals surface area contributed by atoms with Gasteiger partial charge in [0.25, 0.3) is 0 Å². The van der Waals surface area contributed by atoms with Gasteiger partial charge in [-0.15, -0.1) is 0 Å². The maximum Gasteiger partial charge on any atom is 0.347 e. The van der Waals surface area contributed by atoms with E-state index in [1.165, 1.54) is 12.1 Å². The summed E-state index contributed by atoms with van der Waals surface area (Å²) >= 11 is 0. The third-order valence-corrected chi connectivity index (χ3v) is 2.44. The number of ether oxygens (including phenoxy) is 2. The molecule has 106 valence electrons. The summed E-state index contributed by atoms with van der Waals surface area (Å²) in [5.41, 5.74) is 0.771. The van der Waals surface area contributed by atoms with Gasteiger partial charge in [0.2, 0.25) is 0 Å². The molecular formula is C14H20FNO3. The van der Waals surface area contributed by atoms with Crippen molar-refractivity contribution in [1.82, 2.24) is 5.32 Å². The highest BCUT2D eigenvalue weighted by molar-refractivity contribution is 5.74. The van der Waals surface area contributed by atoms with Crippen molar-refractivity contribution in [1.29, 1.82) is 0 Å². The zero-order valence-corrected chi connectivity index (χ0v) is 11.5. The number of carbonyl (C=O) groups excluding carboxylic acids is 1. The minimum Gasteiger partial charge on any atom is -0.479 e. The van der Waals surface area contributed by atoms with Gasteiger partial charge in [0.05, 0.1) is 6.61 Å². The minimum absolute atomic E-state index is 0.293. The van der Waals surface area contributed by atoms with E-state index < -0.39 is 12.1 Å². The molecule has 0 fully saturated rings. The summed E-state index contributed by atoms with van der Waals surface area (Å²) in [7, 11) is 0. The van der Waals surface area contributed by atoms with Crippen molar-refractivity contribution in [2.45, 2.75) is 33.4 Å². The van der Waals surface area contributed by atoms with Crippen LogP contribution >= 0.6 is 0 Å². The molecule has 1 atom stereocenters. The lowest BCUT2D eigenvalue weighted by atomic mass is 10.2. The molecule has 5 heteroatoms. The van der Waals surface area contributed by atoms with Crippen LogP contribution in [0.25, 0.3) is 0 Å². The number of nitrogens with one attached hydrogen (secondary N) is 1. The van der Waals surface area contributed by atoms with Gasteiger partial charge < -0.3 is 14.8 Å². The van der Waals surface area contributed by atoms with E-state index in [0.717, 1.165) is 12.1 Å². The van der Waals surface area contributed by atoms with Crippen molar-refractivity contribution in [3.8, 4) is 5.75 Å². The summed E-state index contributed by atoms with van der Waals surface area (Å²) in [5, 5.41) is 3.10. The van der Waals surface area contributed by atoms with Gasteiger partial charge in [-0.3, -0.25) is 0 Å². The predicted octanol–water partition coefficient (Wildman–Crippen LogP) is 2.27. The van der Waals surface area contributed by atoms with Gasteiger partial charge in [-0.1, -0.05) is 6.92 Å². The fourth-order valence-electron chi connectivity index (χ4n) is 1.57. The maximum atomic E-state index is 13.4. The number of rotatable bonds is 7. The molecule has 0 saturated carbocycles. The lowest BCUT2D eigenvalue weighted by Crippen LogP contribution is -2.26. The van der Waals surface area contributed by atoms with Crippen molar-refractivity contribution < 1.29 is 18.7 Å². The summed E-state index contributed by atoms with van der Waals surface area (Å²) in [4.78, 5) is 11.4. The smallest absolute Gasteiger partial charge is 0.347 e. The largest absolute Gasteiger partial charge is 0.479 e. The predicted molar refractivity (Wildman–Crippen MR) is 70.5 cm³/mol. The molecule has 1 aromatic rings. The molecule has 1 rings (SSSR count). The SMILES string of the molecule is CCNCc1cc(F)cc(OC(C)C(=O)OCC)c1. The second-order valence-electron chi connectivity index (χ2n) is 4.09. The van der Waals surface area contributed by atoms with E-state index in [0.29, 0.717) is 18.9 Å². The first-order valence-corrected chi connectivity index (χ1v) is 6.40. The van der Waals surface area contributed by atoms with E-state index in [4.69, 9.17) is 9.47 Å². The summed E-state index contributed by atoms with van der Waals surface area (Å²) in [5.74, 6) is -0.519. The monoisotopic (exact) mass is 269 g/mol. The average molecular weight is 269 g/mol. The molecule has 1 N–H and O–H groups in total. The second kappa shape index (κ2) is 7.74. The van der Waals surface area contributed by atoms with Crippen LogP contribution in [0.1, 0.15) is 26.3 Å². The van der Waals surface area contributed by atoms with Crippen LogP contribution in [0.4, 0.5) is 4.39 Å². The van der Waals surface area contributed by atoms with Crippen LogP contribution in [0.3, 0.4) is 0 Å². The topological polar surface area (TPSA) is 47.6 Å². The highest BCUT2D eigenvalue weighted by atomic mass is 19.1. The number of halogens is 1. The summed E-state index contributed by atoms with van der Waals surface area (Å²) in [6.07, 6.45) is -0.756. The standard InChI is InChI=1S/C14H20FNO3/c1-4-16-9-11-6-12(15)8-13(7-11)19-10(3)14(17)18-5-2/h6-8,10,16H,4-5,9H2,1-3H3. The van der Waals surface area contributed by atoms with Crippen LogP contribution in [0.2, 0.25) is 0 Å². The Labute approximate surface area is 112 Å². The Morgan fingerprint density at radius 3 is 2.74 bits per heavy atom. The zero-order chi connectivity index (χ0) is 14.3. The molecule has 0 aromatic heterocycles. The van der Waals surface area contributed by atoms with Crippen molar-refractivity contribution in [2.75, 3.05) is 13.2 Å². The van der Waals surface area contributed by atoms with Gasteiger partial charge in [0.15, 0.2) is 6.10 Å². The van der Waals surface area contributed by atoms with Gasteiger partial charge in [0.1, 0.15) is 11.6 Å². The van der Waals surface area contributed by atoms with Crippen molar-refractivity contribution in [3.05, 3.63) is 29.6 Å². The van der Waals surface area contributed by atoms with E-state index >= 15 is 0 Å². The molecule has 0 bridgehead atoms. The normalized spacial score (nSPS) is 12.0. The molecule has 19 heavy (non-hydrogen) atoms. The van der Waals surface area contributed by atoms with Crippen LogP contribution in [0, 0.1) is 5.82 Å². The van der Waals surface area contributed by atoms with Crippen molar-refractivity contribution >= 4 is 5.97 Å². The van der Waals surface area contributed by atoms with E-state index in [9.17, 15) is 9.18 Å². The Morgan fingerprint density at radius 2 is 2.11 bits per heavy atom. The number of hydrogen-bond donors (Lipinski definition) is 1. The fraction of sp³-hybridized carbons (Fsp3) is 0.500. The molecule has 0 aliphatic heterocycles. The fourth-order valence-corrected chi connectivity index (χ4v) is 1.57. The number of hydrogen-bond acceptors (Lipinski definition) is 4. The van der Waals surface area contributed by atoms with E-state index in [1.54, 1.807) is 19.9 Å².